The highest BCUT2D eigenvalue weighted by Crippen LogP contribution is 2.37. The number of sulfonamides is 1. The first-order valence-corrected chi connectivity index (χ1v) is 11.1. The molecule has 2 aromatic rings. The molecule has 1 heterocycles. The van der Waals surface area contributed by atoms with Crippen LogP contribution in [0, 0.1) is 0 Å². The number of hydrogen-bond donors (Lipinski definition) is 1. The van der Waals surface area contributed by atoms with Crippen molar-refractivity contribution in [1.29, 1.82) is 0 Å². The third kappa shape index (κ3) is 3.70. The van der Waals surface area contributed by atoms with Crippen LogP contribution < -0.4 is 10.1 Å². The molecule has 0 atom stereocenters. The largest absolute Gasteiger partial charge is 0.497 e. The minimum absolute atomic E-state index is 0.00980. The number of amides is 2. The molecule has 1 aliphatic heterocycles. The van der Waals surface area contributed by atoms with Crippen molar-refractivity contribution < 1.29 is 22.7 Å². The Morgan fingerprint density at radius 2 is 1.73 bits per heavy atom. The monoisotopic (exact) mass is 426 g/mol. The second kappa shape index (κ2) is 7.60. The zero-order valence-electron chi connectivity index (χ0n) is 16.7. The van der Waals surface area contributed by atoms with Crippen LogP contribution in [0.3, 0.4) is 0 Å². The van der Waals surface area contributed by atoms with Crippen LogP contribution in [0.15, 0.2) is 54.1 Å². The number of benzene rings is 2. The number of carbonyl (C=O) groups is 2. The Morgan fingerprint density at radius 1 is 1.10 bits per heavy atom. The highest BCUT2D eigenvalue weighted by Gasteiger charge is 2.42. The lowest BCUT2D eigenvalue weighted by Crippen LogP contribution is -2.31. The lowest BCUT2D eigenvalue weighted by atomic mass is 10.1. The molecular formula is C22H22N2O5S. The molecule has 156 valence electrons. The molecule has 30 heavy (non-hydrogen) atoms. The smallest absolute Gasteiger partial charge is 0.268 e. The van der Waals surface area contributed by atoms with E-state index in [4.69, 9.17) is 4.74 Å². The van der Waals surface area contributed by atoms with Crippen LogP contribution in [0.1, 0.15) is 41.3 Å². The van der Waals surface area contributed by atoms with Gasteiger partial charge in [-0.1, -0.05) is 12.1 Å². The summed E-state index contributed by atoms with van der Waals surface area (Å²) in [6, 6.07) is 13.5. The van der Waals surface area contributed by atoms with Crippen molar-refractivity contribution in [1.82, 2.24) is 9.62 Å². The normalized spacial score (nSPS) is 17.9. The van der Waals surface area contributed by atoms with Crippen molar-refractivity contribution in [3.8, 4) is 5.75 Å². The van der Waals surface area contributed by atoms with Gasteiger partial charge in [-0.05, 0) is 67.3 Å². The van der Waals surface area contributed by atoms with Gasteiger partial charge in [-0.25, -0.2) is 12.7 Å². The van der Waals surface area contributed by atoms with E-state index in [9.17, 15) is 18.0 Å². The van der Waals surface area contributed by atoms with E-state index in [2.05, 4.69) is 5.32 Å². The average Bonchev–Trinajstić information content (AvgIpc) is 3.53. The Bertz CT molecular complexity index is 1130. The Labute approximate surface area is 175 Å². The minimum Gasteiger partial charge on any atom is -0.497 e. The van der Waals surface area contributed by atoms with Gasteiger partial charge in [0.25, 0.3) is 21.8 Å². The van der Waals surface area contributed by atoms with Crippen LogP contribution in [0.25, 0.3) is 4.91 Å². The summed E-state index contributed by atoms with van der Waals surface area (Å²) in [6.07, 6.45) is 2.00. The Balaban J connectivity index is 1.55. The molecule has 2 aliphatic rings. The fraction of sp³-hybridized carbons (Fsp3) is 0.273. The summed E-state index contributed by atoms with van der Waals surface area (Å²) in [5.74, 6) is -0.0917. The number of methoxy groups -OCH3 is 1. The van der Waals surface area contributed by atoms with Crippen LogP contribution >= 0.6 is 0 Å². The second-order valence-electron chi connectivity index (χ2n) is 7.44. The lowest BCUT2D eigenvalue weighted by Gasteiger charge is -2.17. The minimum atomic E-state index is -3.99. The first-order valence-electron chi connectivity index (χ1n) is 9.63. The predicted octanol–water partition coefficient (Wildman–Crippen LogP) is 2.69. The number of nitrogens with one attached hydrogen (secondary N) is 1. The number of hydrogen-bond acceptors (Lipinski definition) is 5. The summed E-state index contributed by atoms with van der Waals surface area (Å²) in [7, 11) is -2.46. The van der Waals surface area contributed by atoms with E-state index in [1.165, 1.54) is 14.0 Å². The number of nitrogens with zero attached hydrogens (tertiary/aromatic N) is 1. The lowest BCUT2D eigenvalue weighted by molar-refractivity contribution is -0.122. The number of carbonyl (C=O) groups excluding carboxylic acids is 2. The van der Waals surface area contributed by atoms with Crippen molar-refractivity contribution in [2.45, 2.75) is 32.4 Å². The van der Waals surface area contributed by atoms with E-state index < -0.39 is 15.9 Å². The summed E-state index contributed by atoms with van der Waals surface area (Å²) in [5, 5.41) is 2.91. The zero-order valence-corrected chi connectivity index (χ0v) is 17.5. The van der Waals surface area contributed by atoms with E-state index in [1.807, 2.05) is 0 Å². The van der Waals surface area contributed by atoms with Crippen molar-refractivity contribution in [2.75, 3.05) is 7.11 Å². The van der Waals surface area contributed by atoms with Gasteiger partial charge in [-0.2, -0.15) is 0 Å². The van der Waals surface area contributed by atoms with Crippen molar-refractivity contribution >= 4 is 26.7 Å². The molecule has 1 aliphatic carbocycles. The molecule has 0 bridgehead atoms. The van der Waals surface area contributed by atoms with Gasteiger partial charge in [-0.3, -0.25) is 9.59 Å². The first kappa shape index (κ1) is 20.2. The van der Waals surface area contributed by atoms with Gasteiger partial charge in [0.15, 0.2) is 0 Å². The second-order valence-corrected chi connectivity index (χ2v) is 9.24. The Kier molecular flexibility index (Phi) is 5.11. The molecule has 7 nitrogen and oxygen atoms in total. The maximum atomic E-state index is 13.1. The van der Waals surface area contributed by atoms with Crippen molar-refractivity contribution in [2.24, 2.45) is 0 Å². The summed E-state index contributed by atoms with van der Waals surface area (Å²) >= 11 is 0. The van der Waals surface area contributed by atoms with Crippen LogP contribution in [0.4, 0.5) is 0 Å². The molecule has 8 heteroatoms. The maximum Gasteiger partial charge on any atom is 0.268 e. The van der Waals surface area contributed by atoms with Gasteiger partial charge in [0.1, 0.15) is 10.7 Å². The molecule has 2 aromatic carbocycles. The van der Waals surface area contributed by atoms with E-state index in [0.29, 0.717) is 22.4 Å². The van der Waals surface area contributed by atoms with Gasteiger partial charge >= 0.3 is 0 Å². The quantitative estimate of drug-likeness (QED) is 0.767. The fourth-order valence-corrected chi connectivity index (χ4v) is 5.19. The Morgan fingerprint density at radius 3 is 2.30 bits per heavy atom. The molecule has 0 aromatic heterocycles. The van der Waals surface area contributed by atoms with Gasteiger partial charge in [0.05, 0.1) is 13.7 Å². The summed E-state index contributed by atoms with van der Waals surface area (Å²) in [5.41, 5.74) is 1.75. The predicted molar refractivity (Wildman–Crippen MR) is 112 cm³/mol. The molecule has 0 spiro atoms. The Hall–Kier alpha value is -3.13. The van der Waals surface area contributed by atoms with Crippen molar-refractivity contribution in [3.63, 3.8) is 0 Å². The maximum absolute atomic E-state index is 13.1. The van der Waals surface area contributed by atoms with E-state index >= 15 is 0 Å². The standard InChI is InChI=1S/C22H22N2O5S/c1-14-20(16-7-11-19(29-2)12-8-16)30(27,28)24(22(14)26)13-15-3-5-17(6-4-15)21(25)23-18-9-10-18/h3-8,11-12,18H,9-10,13H2,1-2H3,(H,23,25). The van der Waals surface area contributed by atoms with Crippen LogP contribution in [-0.4, -0.2) is 37.7 Å². The number of rotatable bonds is 6. The first-order chi connectivity index (χ1) is 14.3. The summed E-state index contributed by atoms with van der Waals surface area (Å²) < 4.78 is 32.2. The van der Waals surface area contributed by atoms with Crippen LogP contribution in [-0.2, 0) is 21.4 Å². The van der Waals surface area contributed by atoms with E-state index in [0.717, 1.165) is 17.1 Å². The number of ether oxygens (including phenoxy) is 1. The zero-order chi connectivity index (χ0) is 21.5. The summed E-state index contributed by atoms with van der Waals surface area (Å²) in [6.45, 7) is 1.42. The molecule has 1 N–H and O–H groups in total. The van der Waals surface area contributed by atoms with Gasteiger partial charge in [0, 0.05) is 17.2 Å². The van der Waals surface area contributed by atoms with E-state index in [1.54, 1.807) is 48.5 Å². The molecule has 0 radical (unpaired) electrons. The topological polar surface area (TPSA) is 92.8 Å². The van der Waals surface area contributed by atoms with Crippen molar-refractivity contribution in [3.05, 3.63) is 70.8 Å². The molecule has 0 unspecified atom stereocenters. The molecule has 2 amide bonds. The SMILES string of the molecule is COc1ccc(C2=C(C)C(=O)N(Cc3ccc(C(=O)NC4CC4)cc3)S2(=O)=O)cc1. The molecule has 1 fully saturated rings. The third-order valence-corrected chi connectivity index (χ3v) is 7.18. The average molecular weight is 426 g/mol. The highest BCUT2D eigenvalue weighted by molar-refractivity contribution is 7.99. The van der Waals surface area contributed by atoms with E-state index in [-0.39, 0.29) is 29.0 Å². The van der Waals surface area contributed by atoms with Gasteiger partial charge < -0.3 is 10.1 Å². The molecule has 1 saturated carbocycles. The van der Waals surface area contributed by atoms with Crippen LogP contribution in [0.2, 0.25) is 0 Å². The molecule has 0 saturated heterocycles. The summed E-state index contributed by atoms with van der Waals surface area (Å²) in [4.78, 5) is 24.9. The molecule has 4 rings (SSSR count). The highest BCUT2D eigenvalue weighted by atomic mass is 32.2. The fourth-order valence-electron chi connectivity index (χ4n) is 3.39. The van der Waals surface area contributed by atoms with Crippen LogP contribution in [0.5, 0.6) is 5.75 Å². The third-order valence-electron chi connectivity index (χ3n) is 5.24. The molecular weight excluding hydrogens is 404 g/mol. The van der Waals surface area contributed by atoms with Gasteiger partial charge in [0.2, 0.25) is 0 Å². The van der Waals surface area contributed by atoms with Gasteiger partial charge in [-0.15, -0.1) is 0 Å².